The third-order valence-electron chi connectivity index (χ3n) is 18.1. The Morgan fingerprint density at radius 2 is 0.797 bits per heavy atom. The molecule has 0 saturated heterocycles. The maximum atomic E-state index is 2.56. The van der Waals surface area contributed by atoms with Crippen molar-refractivity contribution >= 4 is 60.7 Å². The fourth-order valence-corrected chi connectivity index (χ4v) is 14.8. The molecule has 0 amide bonds. The van der Waals surface area contributed by atoms with Gasteiger partial charge in [0, 0.05) is 49.6 Å². The minimum absolute atomic E-state index is 0.110. The van der Waals surface area contributed by atoms with Gasteiger partial charge in [0.2, 0.25) is 0 Å². The topological polar surface area (TPSA) is 13.1 Å². The molecule has 1 spiro atoms. The van der Waals surface area contributed by atoms with Crippen LogP contribution in [0.25, 0.3) is 99.5 Å². The van der Waals surface area contributed by atoms with Gasteiger partial charge in [0.15, 0.2) is 0 Å². The Hall–Kier alpha value is -9.96. The van der Waals surface area contributed by atoms with Crippen molar-refractivity contribution in [2.45, 2.75) is 24.7 Å². The van der Waals surface area contributed by atoms with E-state index >= 15 is 0 Å². The summed E-state index contributed by atoms with van der Waals surface area (Å²) in [6.07, 6.45) is 0. The fourth-order valence-electron chi connectivity index (χ4n) is 14.8. The van der Waals surface area contributed by atoms with E-state index in [1.54, 1.807) is 0 Å². The van der Waals surface area contributed by atoms with E-state index in [-0.39, 0.29) is 5.41 Å². The normalized spacial score (nSPS) is 13.9. The van der Waals surface area contributed by atoms with Gasteiger partial charge in [0.25, 0.3) is 0 Å². The average molecular weight is 1010 g/mol. The minimum atomic E-state index is -0.484. The van der Waals surface area contributed by atoms with Gasteiger partial charge in [0.05, 0.1) is 38.9 Å². The van der Waals surface area contributed by atoms with Crippen LogP contribution in [0.5, 0.6) is 0 Å². The van der Waals surface area contributed by atoms with Crippen LogP contribution >= 0.6 is 0 Å². The lowest BCUT2D eigenvalue weighted by molar-refractivity contribution is 0.661. The summed E-state index contributed by atoms with van der Waals surface area (Å²) >= 11 is 0. The molecule has 3 aliphatic rings. The molecule has 0 radical (unpaired) electrons. The Morgan fingerprint density at radius 1 is 0.304 bits per heavy atom. The molecule has 0 atom stereocenters. The van der Waals surface area contributed by atoms with E-state index in [0.29, 0.717) is 0 Å². The maximum absolute atomic E-state index is 2.56. The van der Waals surface area contributed by atoms with Crippen LogP contribution < -0.4 is 4.90 Å². The minimum Gasteiger partial charge on any atom is -0.309 e. The molecule has 2 aromatic heterocycles. The van der Waals surface area contributed by atoms with Gasteiger partial charge in [-0.2, -0.15) is 0 Å². The van der Waals surface area contributed by atoms with E-state index in [1.165, 1.54) is 116 Å². The molecule has 0 N–H and O–H groups in total. The lowest BCUT2D eigenvalue weighted by Crippen LogP contribution is -2.26. The van der Waals surface area contributed by atoms with E-state index in [9.17, 15) is 0 Å². The number of hydrogen-bond donors (Lipinski definition) is 0. The highest BCUT2D eigenvalue weighted by atomic mass is 15.2. The van der Waals surface area contributed by atoms with E-state index in [2.05, 4.69) is 301 Å². The van der Waals surface area contributed by atoms with Gasteiger partial charge in [0.1, 0.15) is 0 Å². The molecular weight excluding hydrogens is 955 g/mol. The van der Waals surface area contributed by atoms with Gasteiger partial charge in [-0.25, -0.2) is 0 Å². The average Bonchev–Trinajstić information content (AvgIpc) is 4.30. The summed E-state index contributed by atoms with van der Waals surface area (Å²) in [6, 6.07) is 102. The summed E-state index contributed by atoms with van der Waals surface area (Å²) < 4.78 is 4.90. The van der Waals surface area contributed by atoms with Crippen LogP contribution in [0.4, 0.5) is 17.1 Å². The van der Waals surface area contributed by atoms with Gasteiger partial charge >= 0.3 is 0 Å². The lowest BCUT2D eigenvalue weighted by Gasteiger charge is -2.32. The second-order valence-electron chi connectivity index (χ2n) is 22.3. The zero-order valence-electron chi connectivity index (χ0n) is 43.8. The first-order valence-corrected chi connectivity index (χ1v) is 27.7. The summed E-state index contributed by atoms with van der Waals surface area (Å²) in [5, 5.41) is 4.93. The monoisotopic (exact) mass is 1010 g/mol. The van der Waals surface area contributed by atoms with Crippen molar-refractivity contribution in [1.29, 1.82) is 0 Å². The van der Waals surface area contributed by atoms with Crippen LogP contribution in [0.1, 0.15) is 47.2 Å². The molecule has 0 fully saturated rings. The Bertz CT molecular complexity index is 4820. The number of aromatic nitrogens is 2. The van der Waals surface area contributed by atoms with Crippen molar-refractivity contribution in [3.05, 3.63) is 306 Å². The quantitative estimate of drug-likeness (QED) is 0.162. The third kappa shape index (κ3) is 5.91. The summed E-state index contributed by atoms with van der Waals surface area (Å²) in [4.78, 5) is 2.56. The summed E-state index contributed by atoms with van der Waals surface area (Å²) in [7, 11) is 0. The van der Waals surface area contributed by atoms with Gasteiger partial charge in [-0.1, -0.05) is 202 Å². The zero-order chi connectivity index (χ0) is 52.1. The largest absolute Gasteiger partial charge is 0.309 e. The van der Waals surface area contributed by atoms with Crippen molar-refractivity contribution in [1.82, 2.24) is 9.13 Å². The Balaban J connectivity index is 0.895. The number of para-hydroxylation sites is 3. The molecule has 12 aromatic carbocycles. The van der Waals surface area contributed by atoms with E-state index in [4.69, 9.17) is 0 Å². The summed E-state index contributed by atoms with van der Waals surface area (Å²) in [6.45, 7) is 4.75. The number of anilines is 3. The first-order valence-electron chi connectivity index (χ1n) is 27.7. The fraction of sp³-hybridized carbons (Fsp3) is 0.0526. The second kappa shape index (κ2) is 16.3. The molecule has 14 aromatic rings. The number of benzene rings is 12. The summed E-state index contributed by atoms with van der Waals surface area (Å²) in [5.74, 6) is 0. The first-order chi connectivity index (χ1) is 39.0. The van der Waals surface area contributed by atoms with Gasteiger partial charge in [-0.3, -0.25) is 0 Å². The Kier molecular flexibility index (Phi) is 9.11. The molecular formula is C76H51N3. The van der Waals surface area contributed by atoms with Gasteiger partial charge in [-0.05, 0) is 157 Å². The van der Waals surface area contributed by atoms with E-state index in [1.807, 2.05) is 0 Å². The number of rotatable bonds is 6. The predicted octanol–water partition coefficient (Wildman–Crippen LogP) is 19.7. The maximum Gasteiger partial charge on any atom is 0.0726 e. The molecule has 2 heterocycles. The van der Waals surface area contributed by atoms with Crippen molar-refractivity contribution in [2.75, 3.05) is 4.90 Å². The van der Waals surface area contributed by atoms with Crippen molar-refractivity contribution in [2.24, 2.45) is 0 Å². The van der Waals surface area contributed by atoms with Crippen LogP contribution in [0, 0.1) is 0 Å². The number of nitrogens with zero attached hydrogens (tertiary/aromatic N) is 3. The van der Waals surface area contributed by atoms with Crippen LogP contribution in [-0.4, -0.2) is 9.13 Å². The first kappa shape index (κ1) is 44.2. The van der Waals surface area contributed by atoms with Crippen LogP contribution in [0.2, 0.25) is 0 Å². The van der Waals surface area contributed by atoms with Crippen molar-refractivity contribution < 1.29 is 0 Å². The van der Waals surface area contributed by atoms with Crippen molar-refractivity contribution in [3.8, 4) is 55.9 Å². The molecule has 3 nitrogen and oxygen atoms in total. The van der Waals surface area contributed by atoms with Crippen LogP contribution in [0.15, 0.2) is 273 Å². The molecule has 0 saturated carbocycles. The molecule has 0 unspecified atom stereocenters. The van der Waals surface area contributed by atoms with Crippen LogP contribution in [0.3, 0.4) is 0 Å². The van der Waals surface area contributed by atoms with Crippen molar-refractivity contribution in [3.63, 3.8) is 0 Å². The zero-order valence-corrected chi connectivity index (χ0v) is 43.8. The Labute approximate surface area is 459 Å². The van der Waals surface area contributed by atoms with Crippen LogP contribution in [-0.2, 0) is 10.8 Å². The van der Waals surface area contributed by atoms with E-state index in [0.717, 1.165) is 34.0 Å². The highest BCUT2D eigenvalue weighted by Gasteiger charge is 2.52. The van der Waals surface area contributed by atoms with Gasteiger partial charge < -0.3 is 14.0 Å². The number of hydrogen-bond acceptors (Lipinski definition) is 1. The molecule has 17 rings (SSSR count). The van der Waals surface area contributed by atoms with E-state index < -0.39 is 5.41 Å². The highest BCUT2D eigenvalue weighted by Crippen LogP contribution is 2.65. The molecule has 3 heteroatoms. The molecule has 3 aliphatic carbocycles. The molecule has 0 bridgehead atoms. The SMILES string of the molecule is CC1(C)c2ccccc2-c2cc3c4cc(-c5ccc(N(c6cccc7c6-c6ccccc6C76c7ccccc7-c7ccccc76)c6cccc7c6c6ccccc6n7-c6ccccc6)cc5)ccc4n(-c4ccccc4)c3cc21. The van der Waals surface area contributed by atoms with Gasteiger partial charge in [-0.15, -0.1) is 0 Å². The lowest BCUT2D eigenvalue weighted by atomic mass is 9.70. The molecule has 79 heavy (non-hydrogen) atoms. The highest BCUT2D eigenvalue weighted by molar-refractivity contribution is 6.18. The second-order valence-corrected chi connectivity index (χ2v) is 22.3. The molecule has 370 valence electrons. The number of fused-ring (bicyclic) bond motifs is 19. The third-order valence-corrected chi connectivity index (χ3v) is 18.1. The predicted molar refractivity (Wildman–Crippen MR) is 329 cm³/mol. The Morgan fingerprint density at radius 3 is 1.49 bits per heavy atom. The summed E-state index contributed by atoms with van der Waals surface area (Å²) in [5.41, 5.74) is 28.1. The smallest absolute Gasteiger partial charge is 0.0726 e. The standard InChI is InChI=1S/C76H51N3/c1-75(2)61-30-14-9-27-55(61)58-46-60-59-45-49(41-44-68(59)78(72(60)47-66(58)75)51-23-7-4-8-24-51)48-39-42-52(43-40-48)79(71-38-20-37-70-74(71)57-29-13-18-35-67(57)77(70)50-21-5-3-6-22-50)69-36-19-34-65-73(69)56-28-12-17-33-64(56)76(65)62-31-15-10-25-53(62)54-26-11-16-32-63(54)76/h3-47H,1-2H3. The molecule has 0 aliphatic heterocycles.